The fourth-order valence-corrected chi connectivity index (χ4v) is 1.70. The minimum absolute atomic E-state index is 1.22. The highest BCUT2D eigenvalue weighted by molar-refractivity contribution is 5.16. The first-order valence-electron chi connectivity index (χ1n) is 4.07. The zero-order chi connectivity index (χ0) is 6.81. The average molecular weight is 135 g/mol. The molecule has 0 saturated carbocycles. The molecule has 1 fully saturated rings. The second-order valence-corrected chi connectivity index (χ2v) is 2.97. The van der Waals surface area contributed by atoms with Crippen molar-refractivity contribution >= 4 is 0 Å². The van der Waals surface area contributed by atoms with Crippen LogP contribution >= 0.6 is 0 Å². The van der Waals surface area contributed by atoms with Crippen molar-refractivity contribution in [3.63, 3.8) is 0 Å². The molecule has 1 nitrogen and oxygen atoms in total. The van der Waals surface area contributed by atoms with E-state index in [1.54, 1.807) is 5.70 Å². The van der Waals surface area contributed by atoms with Gasteiger partial charge in [-0.3, -0.25) is 0 Å². The van der Waals surface area contributed by atoms with Gasteiger partial charge in [-0.2, -0.15) is 0 Å². The molecule has 2 heterocycles. The van der Waals surface area contributed by atoms with Gasteiger partial charge in [0.1, 0.15) is 0 Å². The molecule has 0 N–H and O–H groups in total. The largest absolute Gasteiger partial charge is 0.374 e. The van der Waals surface area contributed by atoms with Crippen LogP contribution in [-0.2, 0) is 0 Å². The highest BCUT2D eigenvalue weighted by Crippen LogP contribution is 2.22. The lowest BCUT2D eigenvalue weighted by Gasteiger charge is -2.16. The van der Waals surface area contributed by atoms with Crippen molar-refractivity contribution in [1.29, 1.82) is 0 Å². The molecule has 0 aromatic heterocycles. The molecule has 1 saturated heterocycles. The van der Waals surface area contributed by atoms with E-state index in [1.807, 2.05) is 0 Å². The molecule has 54 valence electrons. The lowest BCUT2D eigenvalue weighted by atomic mass is 10.3. The molecular weight excluding hydrogens is 122 g/mol. The van der Waals surface area contributed by atoms with Gasteiger partial charge in [-0.05, 0) is 25.3 Å². The second-order valence-electron chi connectivity index (χ2n) is 2.97. The van der Waals surface area contributed by atoms with Crippen LogP contribution in [0, 0.1) is 0 Å². The fourth-order valence-electron chi connectivity index (χ4n) is 1.70. The second kappa shape index (κ2) is 2.49. The molecule has 0 aliphatic carbocycles. The van der Waals surface area contributed by atoms with Crippen LogP contribution in [0.15, 0.2) is 23.9 Å². The van der Waals surface area contributed by atoms with E-state index >= 15 is 0 Å². The third kappa shape index (κ3) is 0.962. The van der Waals surface area contributed by atoms with E-state index in [-0.39, 0.29) is 0 Å². The van der Waals surface area contributed by atoms with E-state index in [9.17, 15) is 0 Å². The van der Waals surface area contributed by atoms with Crippen LogP contribution in [0.3, 0.4) is 0 Å². The van der Waals surface area contributed by atoms with Gasteiger partial charge in [0.15, 0.2) is 0 Å². The first kappa shape index (κ1) is 6.02. The van der Waals surface area contributed by atoms with Gasteiger partial charge in [0, 0.05) is 18.8 Å². The molecule has 10 heavy (non-hydrogen) atoms. The monoisotopic (exact) mass is 135 g/mol. The standard InChI is InChI=1S/C9H13N/c1-2-5-9-6-4-8-10(9)7-3-1/h1-2,5H,3-4,6-8H2. The van der Waals surface area contributed by atoms with E-state index in [1.165, 1.54) is 32.4 Å². The van der Waals surface area contributed by atoms with E-state index in [0.29, 0.717) is 0 Å². The Kier molecular flexibility index (Phi) is 1.50. The molecule has 0 aromatic rings. The SMILES string of the molecule is C1=CCCN2CCCC2=C1. The van der Waals surface area contributed by atoms with E-state index in [0.717, 1.165) is 0 Å². The van der Waals surface area contributed by atoms with Crippen molar-refractivity contribution in [2.75, 3.05) is 13.1 Å². The van der Waals surface area contributed by atoms with Crippen LogP contribution < -0.4 is 0 Å². The summed E-state index contributed by atoms with van der Waals surface area (Å²) in [4.78, 5) is 2.50. The summed E-state index contributed by atoms with van der Waals surface area (Å²) in [6.45, 7) is 2.52. The first-order valence-corrected chi connectivity index (χ1v) is 4.07. The van der Waals surface area contributed by atoms with Crippen molar-refractivity contribution in [2.45, 2.75) is 19.3 Å². The molecule has 0 spiro atoms. The Bertz CT molecular complexity index is 179. The molecule has 0 atom stereocenters. The van der Waals surface area contributed by atoms with Crippen LogP contribution in [-0.4, -0.2) is 18.0 Å². The van der Waals surface area contributed by atoms with Gasteiger partial charge in [-0.15, -0.1) is 0 Å². The van der Waals surface area contributed by atoms with E-state index < -0.39 is 0 Å². The first-order chi connectivity index (χ1) is 4.97. The Morgan fingerprint density at radius 2 is 2.30 bits per heavy atom. The summed E-state index contributed by atoms with van der Waals surface area (Å²) in [7, 11) is 0. The zero-order valence-electron chi connectivity index (χ0n) is 6.21. The quantitative estimate of drug-likeness (QED) is 0.490. The van der Waals surface area contributed by atoms with Gasteiger partial charge < -0.3 is 4.90 Å². The average Bonchev–Trinajstić information content (AvgIpc) is 2.28. The van der Waals surface area contributed by atoms with Crippen molar-refractivity contribution in [3.8, 4) is 0 Å². The minimum atomic E-state index is 1.22. The lowest BCUT2D eigenvalue weighted by molar-refractivity contribution is 0.403. The number of fused-ring (bicyclic) bond motifs is 1. The van der Waals surface area contributed by atoms with Crippen LogP contribution in [0.1, 0.15) is 19.3 Å². The van der Waals surface area contributed by atoms with Crippen LogP contribution in [0.5, 0.6) is 0 Å². The van der Waals surface area contributed by atoms with Gasteiger partial charge in [0.25, 0.3) is 0 Å². The normalized spacial score (nSPS) is 24.0. The summed E-state index contributed by atoms with van der Waals surface area (Å²) in [5.41, 5.74) is 1.55. The van der Waals surface area contributed by atoms with E-state index in [4.69, 9.17) is 0 Å². The Labute approximate surface area is 62.0 Å². The maximum Gasteiger partial charge on any atom is 0.0209 e. The van der Waals surface area contributed by atoms with Gasteiger partial charge in [-0.1, -0.05) is 12.2 Å². The topological polar surface area (TPSA) is 3.24 Å². The Morgan fingerprint density at radius 3 is 3.30 bits per heavy atom. The third-order valence-corrected chi connectivity index (χ3v) is 2.26. The molecular formula is C9H13N. The summed E-state index contributed by atoms with van der Waals surface area (Å²) >= 11 is 0. The highest BCUT2D eigenvalue weighted by atomic mass is 15.1. The minimum Gasteiger partial charge on any atom is -0.374 e. The Balaban J connectivity index is 2.18. The third-order valence-electron chi connectivity index (χ3n) is 2.26. The van der Waals surface area contributed by atoms with Crippen LogP contribution in [0.4, 0.5) is 0 Å². The molecule has 0 radical (unpaired) electrons. The van der Waals surface area contributed by atoms with Crippen LogP contribution in [0.2, 0.25) is 0 Å². The Morgan fingerprint density at radius 1 is 1.30 bits per heavy atom. The smallest absolute Gasteiger partial charge is 0.0209 e. The molecule has 0 aromatic carbocycles. The summed E-state index contributed by atoms with van der Waals surface area (Å²) in [5.74, 6) is 0. The van der Waals surface area contributed by atoms with Gasteiger partial charge in [-0.25, -0.2) is 0 Å². The predicted molar refractivity (Wildman–Crippen MR) is 42.6 cm³/mol. The molecule has 0 amide bonds. The number of nitrogens with zero attached hydrogens (tertiary/aromatic N) is 1. The summed E-state index contributed by atoms with van der Waals surface area (Å²) in [6, 6.07) is 0. The summed E-state index contributed by atoms with van der Waals surface area (Å²) in [5, 5.41) is 0. The maximum absolute atomic E-state index is 2.50. The van der Waals surface area contributed by atoms with Crippen molar-refractivity contribution in [3.05, 3.63) is 23.9 Å². The number of hydrogen-bond donors (Lipinski definition) is 0. The molecule has 0 bridgehead atoms. The highest BCUT2D eigenvalue weighted by Gasteiger charge is 2.15. The van der Waals surface area contributed by atoms with Crippen molar-refractivity contribution < 1.29 is 0 Å². The predicted octanol–water partition coefficient (Wildman–Crippen LogP) is 1.93. The Hall–Kier alpha value is -0.720. The number of rotatable bonds is 0. The number of hydrogen-bond acceptors (Lipinski definition) is 1. The molecule has 2 aliphatic rings. The fraction of sp³-hybridized carbons (Fsp3) is 0.556. The summed E-state index contributed by atoms with van der Waals surface area (Å²) in [6.07, 6.45) is 10.6. The van der Waals surface area contributed by atoms with Gasteiger partial charge in [0.2, 0.25) is 0 Å². The van der Waals surface area contributed by atoms with Crippen molar-refractivity contribution in [1.82, 2.24) is 4.90 Å². The van der Waals surface area contributed by atoms with E-state index in [2.05, 4.69) is 23.1 Å². The van der Waals surface area contributed by atoms with Crippen molar-refractivity contribution in [2.24, 2.45) is 0 Å². The van der Waals surface area contributed by atoms with Gasteiger partial charge >= 0.3 is 0 Å². The molecule has 2 aliphatic heterocycles. The molecule has 2 rings (SSSR count). The lowest BCUT2D eigenvalue weighted by Crippen LogP contribution is -2.17. The molecule has 1 heteroatoms. The van der Waals surface area contributed by atoms with Gasteiger partial charge in [0.05, 0.1) is 0 Å². The number of allylic oxidation sites excluding steroid dienone is 3. The maximum atomic E-state index is 2.50. The summed E-state index contributed by atoms with van der Waals surface area (Å²) < 4.78 is 0. The molecule has 0 unspecified atom stereocenters. The van der Waals surface area contributed by atoms with Crippen LogP contribution in [0.25, 0.3) is 0 Å². The zero-order valence-corrected chi connectivity index (χ0v) is 6.21.